The molecule has 1 fully saturated rings. The Morgan fingerprint density at radius 2 is 1.95 bits per heavy atom. The quantitative estimate of drug-likeness (QED) is 0.232. The number of allylic oxidation sites excluding steroid dienone is 1. The van der Waals surface area contributed by atoms with E-state index in [0.717, 1.165) is 28.6 Å². The van der Waals surface area contributed by atoms with Crippen molar-refractivity contribution in [2.75, 3.05) is 13.2 Å². The monoisotopic (exact) mass is 642 g/mol. The second-order valence-corrected chi connectivity index (χ2v) is 12.7. The number of amides is 1. The first-order valence-corrected chi connectivity index (χ1v) is 14.8. The van der Waals surface area contributed by atoms with Crippen LogP contribution >= 0.6 is 34.0 Å². The molecule has 0 aliphatic carbocycles. The van der Waals surface area contributed by atoms with Gasteiger partial charge in [-0.15, -0.1) is 0 Å². The number of nitrogens with zero attached hydrogens (tertiary/aromatic N) is 1. The minimum Gasteiger partial charge on any atom is -0.422 e. The first-order valence-electron chi connectivity index (χ1n) is 11.4. The van der Waals surface area contributed by atoms with E-state index in [1.165, 1.54) is 0 Å². The van der Waals surface area contributed by atoms with Crippen LogP contribution in [0.3, 0.4) is 0 Å². The van der Waals surface area contributed by atoms with Crippen LogP contribution in [-0.2, 0) is 23.7 Å². The molecular weight excluding hydrogens is 614 g/mol. The number of aliphatic hydroxyl groups is 3. The summed E-state index contributed by atoms with van der Waals surface area (Å²) in [6, 6.07) is 5.78. The lowest BCUT2D eigenvalue weighted by molar-refractivity contribution is -0.150. The van der Waals surface area contributed by atoms with Crippen LogP contribution in [0.2, 0.25) is 0 Å². The van der Waals surface area contributed by atoms with Crippen LogP contribution in [0, 0.1) is 5.92 Å². The topological polar surface area (TPSA) is 163 Å². The zero-order chi connectivity index (χ0) is 28.8. The molecule has 0 aromatic heterocycles. The van der Waals surface area contributed by atoms with E-state index in [9.17, 15) is 28.4 Å². The number of benzene rings is 1. The number of halogens is 3. The molecule has 0 saturated carbocycles. The van der Waals surface area contributed by atoms with E-state index in [1.807, 2.05) is 0 Å². The first kappa shape index (κ1) is 32.5. The molecule has 1 aromatic carbocycles. The Morgan fingerprint density at radius 3 is 2.42 bits per heavy atom. The molecule has 0 radical (unpaired) electrons. The standard InChI is InChI=1S/C12H16BrClNO4P.C11H14FNO5/c1-8(2)12(11(17)7-16)15-20(14,18)19-10-5-3-9(13)4-6-10;1-11(12)9(17)7(5-14)18-10(11)13-3-2-6(15)4-8(13)16/h3-6,8,12,16H,7H2,1-2H3,(H,15,18);2-3,7,9-10,14,17H,4-5H2,1H3/t12-,20?;7-,9-,10-,11-/m01/s1. The SMILES string of the molecule is CC(C)[C@H](NP(=O)(Cl)Oc1ccc(Br)cc1)C(=O)CO.C[C@@]1(F)[C@H](O)[C@@H](CO)O[C@H]1N1C=CC(=O)CC1=O. The first-order chi connectivity index (χ1) is 17.6. The molecule has 38 heavy (non-hydrogen) atoms. The van der Waals surface area contributed by atoms with E-state index in [1.54, 1.807) is 38.1 Å². The number of hydrogen-bond acceptors (Lipinski definition) is 9. The Labute approximate surface area is 232 Å². The van der Waals surface area contributed by atoms with Gasteiger partial charge in [0, 0.05) is 21.9 Å². The molecule has 4 N–H and O–H groups in total. The second-order valence-electron chi connectivity index (χ2n) is 9.07. The molecule has 2 aliphatic rings. The number of carbonyl (C=O) groups is 3. The molecule has 0 spiro atoms. The van der Waals surface area contributed by atoms with Crippen molar-refractivity contribution in [1.82, 2.24) is 9.99 Å². The highest BCUT2D eigenvalue weighted by Gasteiger charge is 2.57. The fourth-order valence-corrected chi connectivity index (χ4v) is 5.67. The molecule has 15 heteroatoms. The van der Waals surface area contributed by atoms with Gasteiger partial charge in [-0.25, -0.2) is 14.0 Å². The molecule has 2 aliphatic heterocycles. The number of ether oxygens (including phenoxy) is 1. The fourth-order valence-electron chi connectivity index (χ4n) is 3.63. The minimum absolute atomic E-state index is 0.185. The summed E-state index contributed by atoms with van der Waals surface area (Å²) in [5, 5.41) is 30.0. The smallest absolute Gasteiger partial charge is 0.409 e. The van der Waals surface area contributed by atoms with Crippen molar-refractivity contribution in [1.29, 1.82) is 0 Å². The Morgan fingerprint density at radius 1 is 1.34 bits per heavy atom. The maximum absolute atomic E-state index is 14.4. The van der Waals surface area contributed by atoms with Crippen LogP contribution in [0.5, 0.6) is 5.75 Å². The Kier molecular flexibility index (Phi) is 11.6. The fraction of sp³-hybridized carbons (Fsp3) is 0.522. The van der Waals surface area contributed by atoms with Crippen molar-refractivity contribution in [3.05, 3.63) is 41.0 Å². The van der Waals surface area contributed by atoms with Crippen molar-refractivity contribution >= 4 is 51.5 Å². The molecule has 0 bridgehead atoms. The molecule has 1 saturated heterocycles. The summed E-state index contributed by atoms with van der Waals surface area (Å²) in [6.07, 6.45) is -2.04. The van der Waals surface area contributed by atoms with Crippen LogP contribution < -0.4 is 9.61 Å². The normalized spacial score (nSPS) is 27.5. The summed E-state index contributed by atoms with van der Waals surface area (Å²) in [5.74, 6) is -1.32. The summed E-state index contributed by atoms with van der Waals surface area (Å²) >= 11 is 9.09. The van der Waals surface area contributed by atoms with E-state index in [2.05, 4.69) is 21.0 Å². The summed E-state index contributed by atoms with van der Waals surface area (Å²) in [6.45, 7) is -0.337. The predicted molar refractivity (Wildman–Crippen MR) is 139 cm³/mol. The lowest BCUT2D eigenvalue weighted by Crippen LogP contribution is -2.51. The Bertz CT molecular complexity index is 1090. The van der Waals surface area contributed by atoms with E-state index in [-0.39, 0.29) is 18.1 Å². The van der Waals surface area contributed by atoms with Gasteiger partial charge in [-0.05, 0) is 43.2 Å². The number of carbonyl (C=O) groups excluding carboxylic acids is 3. The van der Waals surface area contributed by atoms with Crippen LogP contribution in [-0.4, -0.2) is 81.1 Å². The van der Waals surface area contributed by atoms with Gasteiger partial charge in [-0.3, -0.25) is 19.3 Å². The summed E-state index contributed by atoms with van der Waals surface area (Å²) < 4.78 is 37.7. The molecule has 3 rings (SSSR count). The average Bonchev–Trinajstić information content (AvgIpc) is 3.07. The molecule has 1 amide bonds. The van der Waals surface area contributed by atoms with Gasteiger partial charge in [0.05, 0.1) is 19.1 Å². The molecule has 6 atom stereocenters. The van der Waals surface area contributed by atoms with Gasteiger partial charge >= 0.3 is 6.87 Å². The highest BCUT2D eigenvalue weighted by molar-refractivity contribution is 9.10. The van der Waals surface area contributed by atoms with Gasteiger partial charge in [0.2, 0.25) is 5.91 Å². The second kappa shape index (κ2) is 13.6. The maximum atomic E-state index is 14.4. The van der Waals surface area contributed by atoms with Gasteiger partial charge in [-0.2, -0.15) is 0 Å². The van der Waals surface area contributed by atoms with Crippen LogP contribution in [0.15, 0.2) is 41.0 Å². The maximum Gasteiger partial charge on any atom is 0.409 e. The number of ketones is 2. The number of alkyl halides is 1. The molecule has 212 valence electrons. The highest BCUT2D eigenvalue weighted by atomic mass is 79.9. The van der Waals surface area contributed by atoms with E-state index in [4.69, 9.17) is 30.7 Å². The number of nitrogens with one attached hydrogen (secondary N) is 1. The van der Waals surface area contributed by atoms with Gasteiger partial charge in [0.25, 0.3) is 0 Å². The van der Waals surface area contributed by atoms with Crippen molar-refractivity contribution in [2.45, 2.75) is 57.3 Å². The van der Waals surface area contributed by atoms with Crippen LogP contribution in [0.1, 0.15) is 27.2 Å². The Balaban J connectivity index is 0.000000268. The van der Waals surface area contributed by atoms with Crippen molar-refractivity contribution in [3.63, 3.8) is 0 Å². The van der Waals surface area contributed by atoms with Crippen molar-refractivity contribution in [3.8, 4) is 5.75 Å². The van der Waals surface area contributed by atoms with E-state index < -0.39 is 61.9 Å². The van der Waals surface area contributed by atoms with Crippen molar-refractivity contribution in [2.24, 2.45) is 5.92 Å². The predicted octanol–water partition coefficient (Wildman–Crippen LogP) is 2.46. The molecule has 2 heterocycles. The third-order valence-electron chi connectivity index (χ3n) is 5.68. The molecule has 11 nitrogen and oxygen atoms in total. The molecule has 1 unspecified atom stereocenters. The zero-order valence-electron chi connectivity index (χ0n) is 20.8. The van der Waals surface area contributed by atoms with Crippen LogP contribution in [0.25, 0.3) is 0 Å². The van der Waals surface area contributed by atoms with E-state index >= 15 is 0 Å². The van der Waals surface area contributed by atoms with Gasteiger partial charge in [0.15, 0.2) is 23.5 Å². The third-order valence-corrected chi connectivity index (χ3v) is 7.74. The van der Waals surface area contributed by atoms with Gasteiger partial charge in [-0.1, -0.05) is 29.8 Å². The average molecular weight is 644 g/mol. The van der Waals surface area contributed by atoms with E-state index in [0.29, 0.717) is 5.75 Å². The highest BCUT2D eigenvalue weighted by Crippen LogP contribution is 2.49. The lowest BCUT2D eigenvalue weighted by Gasteiger charge is -2.32. The molecule has 1 aromatic rings. The number of hydrogen-bond donors (Lipinski definition) is 4. The summed E-state index contributed by atoms with van der Waals surface area (Å²) in [4.78, 5) is 35.2. The largest absolute Gasteiger partial charge is 0.422 e. The Hall–Kier alpha value is -1.70. The number of Topliss-reactive ketones (excluding diaryl/α,β-unsaturated/α-hetero) is 1. The lowest BCUT2D eigenvalue weighted by atomic mass is 9.97. The third kappa shape index (κ3) is 8.40. The van der Waals surface area contributed by atoms with Crippen molar-refractivity contribution < 1.29 is 47.9 Å². The van der Waals surface area contributed by atoms with Gasteiger partial charge < -0.3 is 24.6 Å². The molecular formula is C23H30BrClFN2O9P. The number of aliphatic hydroxyl groups excluding tert-OH is 3. The minimum atomic E-state index is -3.73. The zero-order valence-corrected chi connectivity index (χ0v) is 24.0. The van der Waals surface area contributed by atoms with Crippen LogP contribution in [0.4, 0.5) is 4.39 Å². The number of rotatable bonds is 9. The summed E-state index contributed by atoms with van der Waals surface area (Å²) in [7, 11) is 0. The summed E-state index contributed by atoms with van der Waals surface area (Å²) in [5.41, 5.74) is -2.21. The van der Waals surface area contributed by atoms with Gasteiger partial charge in [0.1, 0.15) is 24.6 Å².